The van der Waals surface area contributed by atoms with Gasteiger partial charge in [0, 0.05) is 55.7 Å². The van der Waals surface area contributed by atoms with Crippen LogP contribution in [-0.2, 0) is 11.3 Å². The lowest BCUT2D eigenvalue weighted by molar-refractivity contribution is -0.114. The lowest BCUT2D eigenvalue weighted by Crippen LogP contribution is -2.27. The molecule has 3 aromatic heterocycles. The van der Waals surface area contributed by atoms with Gasteiger partial charge in [0.1, 0.15) is 11.6 Å². The second-order valence-electron chi connectivity index (χ2n) is 6.52. The van der Waals surface area contributed by atoms with E-state index in [4.69, 9.17) is 9.15 Å². The van der Waals surface area contributed by atoms with Crippen molar-refractivity contribution in [2.75, 3.05) is 11.9 Å². The number of carbonyl (C=O) groups excluding carboxylic acids is 1. The topological polar surface area (TPSA) is 80.5 Å². The number of ether oxygens (including phenoxy) is 1. The number of likely N-dealkylation sites (tertiary alicyclic amines) is 1. The molecule has 1 N–H and O–H groups in total. The van der Waals surface area contributed by atoms with Crippen molar-refractivity contribution in [1.29, 1.82) is 0 Å². The van der Waals surface area contributed by atoms with Crippen LogP contribution in [0.5, 0.6) is 5.88 Å². The third-order valence-electron chi connectivity index (χ3n) is 4.43. The van der Waals surface area contributed by atoms with Crippen molar-refractivity contribution < 1.29 is 13.9 Å². The zero-order chi connectivity index (χ0) is 18.1. The highest BCUT2D eigenvalue weighted by Gasteiger charge is 2.31. The zero-order valence-corrected chi connectivity index (χ0v) is 15.5. The summed E-state index contributed by atoms with van der Waals surface area (Å²) in [4.78, 5) is 23.3. The van der Waals surface area contributed by atoms with E-state index in [-0.39, 0.29) is 12.0 Å². The van der Waals surface area contributed by atoms with E-state index in [1.165, 1.54) is 18.3 Å². The van der Waals surface area contributed by atoms with Crippen LogP contribution in [0.25, 0.3) is 11.1 Å². The van der Waals surface area contributed by atoms with Crippen LogP contribution in [0.15, 0.2) is 35.1 Å². The molecule has 2 unspecified atom stereocenters. The number of rotatable bonds is 5. The van der Waals surface area contributed by atoms with Crippen LogP contribution in [0.3, 0.4) is 0 Å². The van der Waals surface area contributed by atoms with Gasteiger partial charge in [-0.05, 0) is 13.0 Å². The monoisotopic (exact) mass is 372 g/mol. The average molecular weight is 372 g/mol. The standard InChI is InChI=1S/C18H20N4O3S/c1-11-7-13(25-17-4-3-16-15(21-17)5-6-24-16)9-22(11)10-14-8-19-18(26-14)20-12(2)23/h3-6,8,11,13H,7,9-10H2,1-2H3,(H,19,20,23). The fraction of sp³-hybridized carbons (Fsp3) is 0.389. The SMILES string of the molecule is CC(=O)Nc1ncc(CN2CC(Oc3ccc4occc4n3)CC2C)s1. The maximum atomic E-state index is 11.1. The molecule has 1 fully saturated rings. The van der Waals surface area contributed by atoms with Crippen molar-refractivity contribution in [2.24, 2.45) is 0 Å². The first-order valence-electron chi connectivity index (χ1n) is 8.54. The van der Waals surface area contributed by atoms with Crippen molar-refractivity contribution >= 4 is 33.5 Å². The highest BCUT2D eigenvalue weighted by atomic mass is 32.1. The third-order valence-corrected chi connectivity index (χ3v) is 5.33. The Labute approximate surface area is 155 Å². The highest BCUT2D eigenvalue weighted by molar-refractivity contribution is 7.15. The molecular formula is C18H20N4O3S. The summed E-state index contributed by atoms with van der Waals surface area (Å²) in [6, 6.07) is 5.97. The van der Waals surface area contributed by atoms with Gasteiger partial charge in [0.2, 0.25) is 11.8 Å². The van der Waals surface area contributed by atoms with Crippen LogP contribution in [0.2, 0.25) is 0 Å². The quantitative estimate of drug-likeness (QED) is 0.740. The second-order valence-corrected chi connectivity index (χ2v) is 7.64. The Hall–Kier alpha value is -2.45. The molecule has 136 valence electrons. The summed E-state index contributed by atoms with van der Waals surface area (Å²) >= 11 is 1.51. The lowest BCUT2D eigenvalue weighted by Gasteiger charge is -2.19. The van der Waals surface area contributed by atoms with Gasteiger partial charge in [0.15, 0.2) is 10.7 Å². The van der Waals surface area contributed by atoms with E-state index in [0.717, 1.165) is 35.5 Å². The summed E-state index contributed by atoms with van der Waals surface area (Å²) in [5.74, 6) is 0.527. The molecule has 0 aliphatic carbocycles. The van der Waals surface area contributed by atoms with E-state index in [2.05, 4.69) is 27.1 Å². The van der Waals surface area contributed by atoms with E-state index < -0.39 is 0 Å². The number of fused-ring (bicyclic) bond motifs is 1. The molecule has 26 heavy (non-hydrogen) atoms. The molecule has 0 aromatic carbocycles. The molecule has 3 aromatic rings. The molecule has 7 nitrogen and oxygen atoms in total. The summed E-state index contributed by atoms with van der Waals surface area (Å²) in [5.41, 5.74) is 1.57. The first-order chi connectivity index (χ1) is 12.6. The van der Waals surface area contributed by atoms with Crippen molar-refractivity contribution in [3.63, 3.8) is 0 Å². The van der Waals surface area contributed by atoms with Gasteiger partial charge in [-0.25, -0.2) is 9.97 Å². The summed E-state index contributed by atoms with van der Waals surface area (Å²) < 4.78 is 11.4. The fourth-order valence-corrected chi connectivity index (χ4v) is 4.10. The minimum atomic E-state index is -0.101. The van der Waals surface area contributed by atoms with Crippen molar-refractivity contribution in [1.82, 2.24) is 14.9 Å². The fourth-order valence-electron chi connectivity index (χ4n) is 3.21. The number of furan rings is 1. The Morgan fingerprint density at radius 2 is 2.35 bits per heavy atom. The summed E-state index contributed by atoms with van der Waals surface area (Å²) in [6.07, 6.45) is 4.50. The van der Waals surface area contributed by atoms with Gasteiger partial charge in [-0.1, -0.05) is 0 Å². The molecule has 1 aliphatic heterocycles. The Bertz CT molecular complexity index is 922. The van der Waals surface area contributed by atoms with Crippen molar-refractivity contribution in [3.05, 3.63) is 35.5 Å². The van der Waals surface area contributed by atoms with Crippen LogP contribution in [0, 0.1) is 0 Å². The smallest absolute Gasteiger partial charge is 0.223 e. The molecule has 1 amide bonds. The zero-order valence-electron chi connectivity index (χ0n) is 14.6. The Kier molecular flexibility index (Phi) is 4.60. The van der Waals surface area contributed by atoms with E-state index >= 15 is 0 Å². The molecule has 4 rings (SSSR count). The minimum absolute atomic E-state index is 0.101. The second kappa shape index (κ2) is 7.05. The van der Waals surface area contributed by atoms with Crippen LogP contribution in [0.1, 0.15) is 25.1 Å². The van der Waals surface area contributed by atoms with E-state index in [1.807, 2.05) is 24.4 Å². The Balaban J connectivity index is 1.37. The number of hydrogen-bond acceptors (Lipinski definition) is 7. The molecule has 8 heteroatoms. The summed E-state index contributed by atoms with van der Waals surface area (Å²) in [5, 5.41) is 3.37. The molecule has 0 bridgehead atoms. The predicted octanol–water partition coefficient (Wildman–Crippen LogP) is 3.28. The number of pyridine rings is 1. The van der Waals surface area contributed by atoms with Gasteiger partial charge in [-0.15, -0.1) is 11.3 Å². The number of aromatic nitrogens is 2. The average Bonchev–Trinajstić information content (AvgIpc) is 3.29. The van der Waals surface area contributed by atoms with E-state index in [9.17, 15) is 4.79 Å². The molecule has 1 aliphatic rings. The number of anilines is 1. The van der Waals surface area contributed by atoms with Crippen LogP contribution in [-0.4, -0.2) is 39.5 Å². The van der Waals surface area contributed by atoms with Gasteiger partial charge in [-0.3, -0.25) is 9.69 Å². The molecule has 4 heterocycles. The molecule has 1 saturated heterocycles. The number of amides is 1. The Morgan fingerprint density at radius 3 is 3.19 bits per heavy atom. The first kappa shape index (κ1) is 17.0. The molecule has 2 atom stereocenters. The van der Waals surface area contributed by atoms with Gasteiger partial charge in [0.05, 0.1) is 6.26 Å². The number of carbonyl (C=O) groups is 1. The summed E-state index contributed by atoms with van der Waals surface area (Å²) in [7, 11) is 0. The predicted molar refractivity (Wildman–Crippen MR) is 99.3 cm³/mol. The Morgan fingerprint density at radius 1 is 1.46 bits per heavy atom. The van der Waals surface area contributed by atoms with Gasteiger partial charge in [0.25, 0.3) is 0 Å². The van der Waals surface area contributed by atoms with Crippen LogP contribution < -0.4 is 10.1 Å². The van der Waals surface area contributed by atoms with Crippen LogP contribution in [0.4, 0.5) is 5.13 Å². The largest absolute Gasteiger partial charge is 0.473 e. The molecule has 0 saturated carbocycles. The number of thiazole rings is 1. The molecular weight excluding hydrogens is 352 g/mol. The number of hydrogen-bond donors (Lipinski definition) is 1. The van der Waals surface area contributed by atoms with Crippen molar-refractivity contribution in [3.8, 4) is 5.88 Å². The van der Waals surface area contributed by atoms with Crippen LogP contribution >= 0.6 is 11.3 Å². The van der Waals surface area contributed by atoms with E-state index in [0.29, 0.717) is 17.1 Å². The normalized spacial score (nSPS) is 20.5. The number of nitrogens with zero attached hydrogens (tertiary/aromatic N) is 3. The van der Waals surface area contributed by atoms with Gasteiger partial charge >= 0.3 is 0 Å². The maximum absolute atomic E-state index is 11.1. The van der Waals surface area contributed by atoms with Crippen molar-refractivity contribution in [2.45, 2.75) is 39.0 Å². The lowest BCUT2D eigenvalue weighted by atomic mass is 10.2. The minimum Gasteiger partial charge on any atom is -0.473 e. The number of nitrogens with one attached hydrogen (secondary N) is 1. The van der Waals surface area contributed by atoms with E-state index in [1.54, 1.807) is 6.26 Å². The third kappa shape index (κ3) is 3.71. The molecule has 0 radical (unpaired) electrons. The highest BCUT2D eigenvalue weighted by Crippen LogP contribution is 2.27. The van der Waals surface area contributed by atoms with Gasteiger partial charge < -0.3 is 14.5 Å². The first-order valence-corrected chi connectivity index (χ1v) is 9.36. The summed E-state index contributed by atoms with van der Waals surface area (Å²) in [6.45, 7) is 5.32. The van der Waals surface area contributed by atoms with Gasteiger partial charge in [-0.2, -0.15) is 0 Å². The molecule has 0 spiro atoms. The maximum Gasteiger partial charge on any atom is 0.223 e.